The Hall–Kier alpha value is -5.19. The van der Waals surface area contributed by atoms with Crippen LogP contribution in [-0.4, -0.2) is 46.3 Å². The molecule has 10 nitrogen and oxygen atoms in total. The number of hydrogen-bond acceptors (Lipinski definition) is 8. The number of hydrogen-bond donors (Lipinski definition) is 1. The van der Waals surface area contributed by atoms with Crippen molar-refractivity contribution in [2.75, 3.05) is 6.54 Å². The molecule has 13 heteroatoms. The van der Waals surface area contributed by atoms with Gasteiger partial charge in [-0.1, -0.05) is 84.9 Å². The van der Waals surface area contributed by atoms with E-state index in [1.807, 2.05) is 0 Å². The topological polar surface area (TPSA) is 137 Å². The van der Waals surface area contributed by atoms with Gasteiger partial charge in [0.2, 0.25) is 0 Å². The molecule has 4 aromatic carbocycles. The van der Waals surface area contributed by atoms with Crippen molar-refractivity contribution in [2.24, 2.45) is 5.41 Å². The highest BCUT2D eigenvalue weighted by Crippen LogP contribution is 2.49. The fraction of sp³-hybridized carbons (Fsp3) is 0.176. The van der Waals surface area contributed by atoms with E-state index < -0.39 is 55.9 Å². The summed E-state index contributed by atoms with van der Waals surface area (Å²) in [6.07, 6.45) is -4.12. The molecule has 2 amide bonds. The van der Waals surface area contributed by atoms with Crippen LogP contribution in [0.3, 0.4) is 0 Å². The van der Waals surface area contributed by atoms with Crippen molar-refractivity contribution in [1.82, 2.24) is 4.90 Å². The molecule has 1 heterocycles. The molecular formula is C34H28F2NO9P. The smallest absolute Gasteiger partial charge is 0.442 e. The average molecular weight is 664 g/mol. The van der Waals surface area contributed by atoms with E-state index in [1.165, 1.54) is 24.3 Å². The molecule has 0 saturated heterocycles. The maximum atomic E-state index is 14.1. The number of nitrogens with zero attached hydrogens (tertiary/aromatic N) is 1. The maximum Gasteiger partial charge on any atom is 0.442 e. The zero-order valence-corrected chi connectivity index (χ0v) is 25.6. The third-order valence-corrected chi connectivity index (χ3v) is 8.39. The van der Waals surface area contributed by atoms with Crippen LogP contribution < -0.4 is 4.52 Å². The van der Waals surface area contributed by atoms with Crippen molar-refractivity contribution >= 4 is 31.3 Å². The average Bonchev–Trinajstić information content (AvgIpc) is 3.31. The van der Waals surface area contributed by atoms with Crippen LogP contribution in [0.25, 0.3) is 0 Å². The first-order valence-corrected chi connectivity index (χ1v) is 15.9. The van der Waals surface area contributed by atoms with Crippen LogP contribution >= 0.6 is 7.60 Å². The number of carbonyl (C=O) groups is 4. The summed E-state index contributed by atoms with van der Waals surface area (Å²) in [5.74, 6) is -4.00. The molecule has 4 aromatic rings. The van der Waals surface area contributed by atoms with Crippen molar-refractivity contribution in [3.8, 4) is 5.75 Å². The van der Waals surface area contributed by atoms with Gasteiger partial charge in [0, 0.05) is 6.42 Å². The van der Waals surface area contributed by atoms with Gasteiger partial charge in [0.05, 0.1) is 17.7 Å². The Morgan fingerprint density at radius 1 is 0.702 bits per heavy atom. The van der Waals surface area contributed by atoms with E-state index in [9.17, 15) is 37.4 Å². The van der Waals surface area contributed by atoms with Gasteiger partial charge in [-0.2, -0.15) is 8.78 Å². The number of benzene rings is 4. The van der Waals surface area contributed by atoms with E-state index in [-0.39, 0.29) is 35.7 Å². The summed E-state index contributed by atoms with van der Waals surface area (Å²) < 4.78 is 53.4. The minimum absolute atomic E-state index is 0.0932. The third-order valence-electron chi connectivity index (χ3n) is 7.43. The highest BCUT2D eigenvalue weighted by molar-refractivity contribution is 7.53. The quantitative estimate of drug-likeness (QED) is 0.0817. The van der Waals surface area contributed by atoms with Crippen LogP contribution in [0.4, 0.5) is 8.78 Å². The van der Waals surface area contributed by atoms with Crippen LogP contribution in [0, 0.1) is 5.41 Å². The fourth-order valence-corrected chi connectivity index (χ4v) is 5.50. The summed E-state index contributed by atoms with van der Waals surface area (Å²) in [5, 5.41) is 0. The number of halogens is 2. The summed E-state index contributed by atoms with van der Waals surface area (Å²) in [4.78, 5) is 65.4. The predicted octanol–water partition coefficient (Wildman–Crippen LogP) is 5.79. The van der Waals surface area contributed by atoms with Gasteiger partial charge >= 0.3 is 25.7 Å². The Labute approximate surface area is 268 Å². The molecule has 242 valence electrons. The van der Waals surface area contributed by atoms with Crippen LogP contribution in [0.1, 0.15) is 37.4 Å². The van der Waals surface area contributed by atoms with Gasteiger partial charge in [-0.25, -0.2) is 4.57 Å². The van der Waals surface area contributed by atoms with Crippen molar-refractivity contribution in [2.45, 2.75) is 25.8 Å². The van der Waals surface area contributed by atoms with Crippen LogP contribution in [0.2, 0.25) is 0 Å². The lowest BCUT2D eigenvalue weighted by molar-refractivity contribution is -0.175. The van der Waals surface area contributed by atoms with Crippen molar-refractivity contribution in [3.05, 3.63) is 137 Å². The monoisotopic (exact) mass is 663 g/mol. The summed E-state index contributed by atoms with van der Waals surface area (Å²) in [6.45, 7) is -1.25. The molecule has 5 rings (SSSR count). The SMILES string of the molecule is O=C1c2ccccc2C(=O)N1CC(Cc1ccc(OP(=O)(O)C(F)F)cc1)(C(=O)OCc1ccccc1)C(=O)OCc1ccccc1. The summed E-state index contributed by atoms with van der Waals surface area (Å²) in [5.41, 5.74) is -0.697. The summed E-state index contributed by atoms with van der Waals surface area (Å²) >= 11 is 0. The van der Waals surface area contributed by atoms with Crippen LogP contribution in [0.5, 0.6) is 5.75 Å². The van der Waals surface area contributed by atoms with Gasteiger partial charge < -0.3 is 18.9 Å². The zero-order valence-electron chi connectivity index (χ0n) is 24.7. The Morgan fingerprint density at radius 2 is 1.15 bits per heavy atom. The third kappa shape index (κ3) is 7.45. The highest BCUT2D eigenvalue weighted by Gasteiger charge is 2.53. The molecule has 1 unspecified atom stereocenters. The van der Waals surface area contributed by atoms with E-state index in [0.29, 0.717) is 11.1 Å². The first-order valence-electron chi connectivity index (χ1n) is 14.3. The van der Waals surface area contributed by atoms with Gasteiger partial charge in [-0.15, -0.1) is 0 Å². The molecule has 0 aliphatic carbocycles. The molecule has 47 heavy (non-hydrogen) atoms. The second kappa shape index (κ2) is 14.1. The number of carbonyl (C=O) groups excluding carboxylic acids is 4. The lowest BCUT2D eigenvalue weighted by Gasteiger charge is -2.32. The van der Waals surface area contributed by atoms with Gasteiger partial charge in [0.15, 0.2) is 5.41 Å². The zero-order chi connectivity index (χ0) is 33.6. The first kappa shape index (κ1) is 33.2. The Balaban J connectivity index is 1.53. The second-order valence-corrected chi connectivity index (χ2v) is 12.4. The molecule has 0 saturated carbocycles. The van der Waals surface area contributed by atoms with Gasteiger partial charge in [0.1, 0.15) is 19.0 Å². The fourth-order valence-electron chi connectivity index (χ4n) is 5.00. The van der Waals surface area contributed by atoms with E-state index in [2.05, 4.69) is 4.52 Å². The van der Waals surface area contributed by atoms with Crippen molar-refractivity contribution in [1.29, 1.82) is 0 Å². The molecule has 1 aliphatic heterocycles. The Kier molecular flexibility index (Phi) is 9.93. The number of amides is 2. The minimum Gasteiger partial charge on any atom is -0.460 e. The van der Waals surface area contributed by atoms with E-state index in [4.69, 9.17) is 9.47 Å². The largest absolute Gasteiger partial charge is 0.460 e. The Morgan fingerprint density at radius 3 is 1.60 bits per heavy atom. The number of imide groups is 1. The predicted molar refractivity (Wildman–Crippen MR) is 163 cm³/mol. The molecule has 0 aromatic heterocycles. The molecular weight excluding hydrogens is 635 g/mol. The number of ether oxygens (including phenoxy) is 2. The van der Waals surface area contributed by atoms with Crippen molar-refractivity contribution in [3.63, 3.8) is 0 Å². The molecule has 0 fully saturated rings. The lowest BCUT2D eigenvalue weighted by Crippen LogP contribution is -2.53. The minimum atomic E-state index is -5.28. The first-order chi connectivity index (χ1) is 22.5. The van der Waals surface area contributed by atoms with E-state index >= 15 is 0 Å². The Bertz CT molecular complexity index is 1730. The lowest BCUT2D eigenvalue weighted by atomic mass is 9.80. The highest BCUT2D eigenvalue weighted by atomic mass is 31.2. The van der Waals surface area contributed by atoms with Crippen LogP contribution in [-0.2, 0) is 43.3 Å². The van der Waals surface area contributed by atoms with Gasteiger partial charge in [-0.05, 0) is 41.0 Å². The second-order valence-electron chi connectivity index (χ2n) is 10.7. The van der Waals surface area contributed by atoms with E-state index in [1.54, 1.807) is 72.8 Å². The maximum absolute atomic E-state index is 14.1. The molecule has 0 spiro atoms. The van der Waals surface area contributed by atoms with Crippen molar-refractivity contribution < 1.29 is 51.4 Å². The summed E-state index contributed by atoms with van der Waals surface area (Å²) in [6, 6.07) is 28.1. The normalized spacial score (nSPS) is 14.0. The summed E-state index contributed by atoms with van der Waals surface area (Å²) in [7, 11) is -5.28. The standard InChI is InChI=1S/C34H28F2NO9P/c35-33(36)47(42,43)46-26-17-15-23(16-18-26)19-34(31(40)44-20-24-9-3-1-4-10-24,32(41)45-21-25-11-5-2-6-12-25)22-37-29(38)27-13-7-8-14-28(27)30(37)39/h1-18,33H,19-22H2,(H,42,43). The molecule has 1 N–H and O–H groups in total. The van der Waals surface area contributed by atoms with E-state index in [0.717, 1.165) is 17.0 Å². The molecule has 0 bridgehead atoms. The molecule has 1 aliphatic rings. The molecule has 1 atom stereocenters. The number of rotatable bonds is 13. The van der Waals surface area contributed by atoms with Gasteiger partial charge in [0.25, 0.3) is 11.8 Å². The molecule has 0 radical (unpaired) electrons. The number of alkyl halides is 2. The van der Waals surface area contributed by atoms with Gasteiger partial charge in [-0.3, -0.25) is 24.1 Å². The number of fused-ring (bicyclic) bond motifs is 1. The number of esters is 2. The van der Waals surface area contributed by atoms with Crippen LogP contribution in [0.15, 0.2) is 109 Å².